The van der Waals surface area contributed by atoms with E-state index in [1.54, 1.807) is 23.1 Å². The number of esters is 1. The van der Waals surface area contributed by atoms with Crippen LogP contribution >= 0.6 is 0 Å². The molecule has 1 fully saturated rings. The van der Waals surface area contributed by atoms with Crippen LogP contribution in [0.3, 0.4) is 0 Å². The summed E-state index contributed by atoms with van der Waals surface area (Å²) in [6.07, 6.45) is 3.52. The molecule has 0 saturated carbocycles. The van der Waals surface area contributed by atoms with Gasteiger partial charge in [-0.1, -0.05) is 0 Å². The topological polar surface area (TPSA) is 102 Å². The van der Waals surface area contributed by atoms with Crippen molar-refractivity contribution < 1.29 is 19.1 Å². The van der Waals surface area contributed by atoms with E-state index in [-0.39, 0.29) is 11.8 Å². The summed E-state index contributed by atoms with van der Waals surface area (Å²) < 4.78 is 4.80. The van der Waals surface area contributed by atoms with E-state index in [9.17, 15) is 14.4 Å². The summed E-state index contributed by atoms with van der Waals surface area (Å²) in [7, 11) is 1.34. The van der Waals surface area contributed by atoms with Crippen molar-refractivity contribution >= 4 is 24.0 Å². The molecule has 1 aromatic carbocycles. The van der Waals surface area contributed by atoms with Gasteiger partial charge in [0.15, 0.2) is 0 Å². The van der Waals surface area contributed by atoms with Gasteiger partial charge in [0.25, 0.3) is 0 Å². The highest BCUT2D eigenvalue weighted by atomic mass is 16.5. The van der Waals surface area contributed by atoms with Crippen LogP contribution in [0.5, 0.6) is 0 Å². The number of carbonyl (C=O) groups excluding carboxylic acids is 3. The van der Waals surface area contributed by atoms with Crippen LogP contribution in [-0.2, 0) is 20.7 Å². The first-order valence-electron chi connectivity index (χ1n) is 8.50. The van der Waals surface area contributed by atoms with Crippen LogP contribution < -0.4 is 11.1 Å². The number of ether oxygens (including phenoxy) is 1. The minimum Gasteiger partial charge on any atom is -0.465 e. The van der Waals surface area contributed by atoms with Gasteiger partial charge in [-0.15, -0.1) is 0 Å². The molecule has 0 spiro atoms. The maximum absolute atomic E-state index is 12.4. The van der Waals surface area contributed by atoms with E-state index in [1.165, 1.54) is 7.11 Å². The number of rotatable bonds is 7. The first-order valence-corrected chi connectivity index (χ1v) is 8.50. The number of nitrogens with one attached hydrogen (secondary N) is 1. The number of anilines is 1. The number of amides is 2. The average Bonchev–Trinajstić information content (AvgIpc) is 2.65. The van der Waals surface area contributed by atoms with Crippen molar-refractivity contribution in [2.75, 3.05) is 32.1 Å². The van der Waals surface area contributed by atoms with E-state index in [0.717, 1.165) is 18.4 Å². The normalized spacial score (nSPS) is 14.9. The van der Waals surface area contributed by atoms with Crippen LogP contribution in [0.4, 0.5) is 5.69 Å². The lowest BCUT2D eigenvalue weighted by Gasteiger charge is -2.28. The van der Waals surface area contributed by atoms with Crippen molar-refractivity contribution in [1.82, 2.24) is 4.90 Å². The molecule has 0 atom stereocenters. The summed E-state index contributed by atoms with van der Waals surface area (Å²) in [5.74, 6) is -0.559. The Hall–Kier alpha value is -2.41. The van der Waals surface area contributed by atoms with Gasteiger partial charge in [-0.25, -0.2) is 4.79 Å². The molecule has 0 bridgehead atoms. The van der Waals surface area contributed by atoms with Gasteiger partial charge in [0, 0.05) is 24.7 Å². The van der Waals surface area contributed by atoms with Crippen molar-refractivity contribution in [2.24, 2.45) is 11.7 Å². The number of piperidine rings is 1. The third-order valence-corrected chi connectivity index (χ3v) is 4.48. The molecule has 1 aliphatic heterocycles. The Bertz CT molecular complexity index is 625. The Morgan fingerprint density at radius 3 is 2.68 bits per heavy atom. The van der Waals surface area contributed by atoms with E-state index in [2.05, 4.69) is 5.32 Å². The second-order valence-corrected chi connectivity index (χ2v) is 6.16. The Balaban J connectivity index is 2.07. The Labute approximate surface area is 147 Å². The lowest BCUT2D eigenvalue weighted by molar-refractivity contribution is -0.125. The van der Waals surface area contributed by atoms with Crippen LogP contribution in [-0.4, -0.2) is 49.9 Å². The molecule has 136 valence electrons. The maximum atomic E-state index is 12.4. The highest BCUT2D eigenvalue weighted by molar-refractivity contribution is 5.95. The number of benzene rings is 1. The summed E-state index contributed by atoms with van der Waals surface area (Å²) in [6, 6.07) is 5.18. The predicted molar refractivity (Wildman–Crippen MR) is 94.1 cm³/mol. The number of methoxy groups -OCH3 is 1. The van der Waals surface area contributed by atoms with Crippen molar-refractivity contribution in [3.05, 3.63) is 29.3 Å². The van der Waals surface area contributed by atoms with Crippen molar-refractivity contribution in [1.29, 1.82) is 0 Å². The second kappa shape index (κ2) is 9.17. The molecule has 7 heteroatoms. The largest absolute Gasteiger partial charge is 0.465 e. The quantitative estimate of drug-likeness (QED) is 0.569. The van der Waals surface area contributed by atoms with Crippen LogP contribution in [0.15, 0.2) is 18.2 Å². The predicted octanol–water partition coefficient (Wildman–Crippen LogP) is 1.17. The van der Waals surface area contributed by atoms with Gasteiger partial charge in [0.05, 0.1) is 12.7 Å². The summed E-state index contributed by atoms with van der Waals surface area (Å²) in [4.78, 5) is 36.7. The SMILES string of the molecule is COC(=O)c1ccc(NC(=O)C2CCN(C=O)CC2)cc1CCCN. The zero-order valence-electron chi connectivity index (χ0n) is 14.5. The van der Waals surface area contributed by atoms with Crippen molar-refractivity contribution in [2.45, 2.75) is 25.7 Å². The van der Waals surface area contributed by atoms with Gasteiger partial charge >= 0.3 is 5.97 Å². The lowest BCUT2D eigenvalue weighted by Crippen LogP contribution is -2.37. The standard InChI is InChI=1S/C18H25N3O4/c1-25-18(24)16-5-4-15(11-14(16)3-2-8-19)20-17(23)13-6-9-21(12-22)10-7-13/h4-5,11-13H,2-3,6-10,19H2,1H3,(H,20,23). The van der Waals surface area contributed by atoms with E-state index < -0.39 is 5.97 Å². The molecule has 0 radical (unpaired) electrons. The molecule has 2 amide bonds. The first-order chi connectivity index (χ1) is 12.1. The zero-order chi connectivity index (χ0) is 18.2. The van der Waals surface area contributed by atoms with Gasteiger partial charge in [-0.05, 0) is 56.0 Å². The highest BCUT2D eigenvalue weighted by Gasteiger charge is 2.24. The molecular weight excluding hydrogens is 322 g/mol. The van der Waals surface area contributed by atoms with Crippen LogP contribution in [0, 0.1) is 5.92 Å². The lowest BCUT2D eigenvalue weighted by atomic mass is 9.96. The van der Waals surface area contributed by atoms with E-state index in [4.69, 9.17) is 10.5 Å². The molecule has 25 heavy (non-hydrogen) atoms. The van der Waals surface area contributed by atoms with Crippen molar-refractivity contribution in [3.63, 3.8) is 0 Å². The molecule has 0 aliphatic carbocycles. The Kier molecular flexibility index (Phi) is 6.94. The first kappa shape index (κ1) is 18.9. The fraction of sp³-hybridized carbons (Fsp3) is 0.500. The average molecular weight is 347 g/mol. The van der Waals surface area contributed by atoms with Crippen LogP contribution in [0.2, 0.25) is 0 Å². The smallest absolute Gasteiger partial charge is 0.338 e. The van der Waals surface area contributed by atoms with Crippen molar-refractivity contribution in [3.8, 4) is 0 Å². The summed E-state index contributed by atoms with van der Waals surface area (Å²) >= 11 is 0. The molecule has 1 saturated heterocycles. The van der Waals surface area contributed by atoms with Gasteiger partial charge < -0.3 is 20.7 Å². The Morgan fingerprint density at radius 1 is 1.36 bits per heavy atom. The Morgan fingerprint density at radius 2 is 2.08 bits per heavy atom. The van der Waals surface area contributed by atoms with Crippen LogP contribution in [0.1, 0.15) is 35.2 Å². The molecule has 1 heterocycles. The minimum atomic E-state index is -0.397. The molecule has 2 rings (SSSR count). The van der Waals surface area contributed by atoms with E-state index in [1.807, 2.05) is 0 Å². The second-order valence-electron chi connectivity index (χ2n) is 6.16. The molecule has 0 aromatic heterocycles. The minimum absolute atomic E-state index is 0.0545. The maximum Gasteiger partial charge on any atom is 0.338 e. The zero-order valence-corrected chi connectivity index (χ0v) is 14.5. The molecule has 7 nitrogen and oxygen atoms in total. The number of nitrogens with zero attached hydrogens (tertiary/aromatic N) is 1. The summed E-state index contributed by atoms with van der Waals surface area (Å²) in [5, 5.41) is 2.92. The summed E-state index contributed by atoms with van der Waals surface area (Å²) in [6.45, 7) is 1.72. The molecule has 1 aromatic rings. The molecular formula is C18H25N3O4. The highest BCUT2D eigenvalue weighted by Crippen LogP contribution is 2.22. The molecule has 3 N–H and O–H groups in total. The number of likely N-dealkylation sites (tertiary alicyclic amines) is 1. The number of hydrogen-bond acceptors (Lipinski definition) is 5. The monoisotopic (exact) mass is 347 g/mol. The van der Waals surface area contributed by atoms with Gasteiger partial charge in [-0.3, -0.25) is 9.59 Å². The van der Waals surface area contributed by atoms with Gasteiger partial charge in [0.1, 0.15) is 0 Å². The molecule has 1 aliphatic rings. The van der Waals surface area contributed by atoms with Gasteiger partial charge in [0.2, 0.25) is 12.3 Å². The van der Waals surface area contributed by atoms with E-state index >= 15 is 0 Å². The fourth-order valence-electron chi connectivity index (χ4n) is 2.99. The van der Waals surface area contributed by atoms with Gasteiger partial charge in [-0.2, -0.15) is 0 Å². The third kappa shape index (κ3) is 5.03. The number of nitrogens with two attached hydrogens (primary N) is 1. The number of aryl methyl sites for hydroxylation is 1. The number of carbonyl (C=O) groups is 3. The fourth-order valence-corrected chi connectivity index (χ4v) is 2.99. The number of hydrogen-bond donors (Lipinski definition) is 2. The summed E-state index contributed by atoms with van der Waals surface area (Å²) in [5.41, 5.74) is 7.52. The molecule has 0 unspecified atom stereocenters. The third-order valence-electron chi connectivity index (χ3n) is 4.48. The van der Waals surface area contributed by atoms with Crippen LogP contribution in [0.25, 0.3) is 0 Å². The van der Waals surface area contributed by atoms with E-state index in [0.29, 0.717) is 50.1 Å².